The summed E-state index contributed by atoms with van der Waals surface area (Å²) < 4.78 is 0. The number of carbonyl (C=O) groups is 2. The number of aryl methyl sites for hydroxylation is 1. The van der Waals surface area contributed by atoms with E-state index in [1.54, 1.807) is 6.92 Å². The summed E-state index contributed by atoms with van der Waals surface area (Å²) in [5, 5.41) is 0. The van der Waals surface area contributed by atoms with Crippen molar-refractivity contribution < 1.29 is 9.59 Å². The molecule has 2 heterocycles. The molecule has 1 atom stereocenters. The number of likely N-dealkylation sites (tertiary alicyclic amines) is 1. The number of nitrogens with two attached hydrogens (primary N) is 1. The molecule has 2 amide bonds. The second-order valence-electron chi connectivity index (χ2n) is 6.70. The van der Waals surface area contributed by atoms with E-state index in [4.69, 9.17) is 5.73 Å². The largest absolute Gasteiger partial charge is 0.365 e. The van der Waals surface area contributed by atoms with E-state index in [1.807, 2.05) is 4.90 Å². The average molecular weight is 316 g/mol. The zero-order valence-corrected chi connectivity index (χ0v) is 13.6. The molecule has 0 bridgehead atoms. The van der Waals surface area contributed by atoms with Crippen LogP contribution in [0.25, 0.3) is 0 Å². The van der Waals surface area contributed by atoms with E-state index in [2.05, 4.69) is 9.97 Å². The van der Waals surface area contributed by atoms with Crippen LogP contribution in [-0.2, 0) is 4.79 Å². The van der Waals surface area contributed by atoms with Crippen LogP contribution in [0.2, 0.25) is 0 Å². The van der Waals surface area contributed by atoms with Crippen LogP contribution in [0.3, 0.4) is 0 Å². The van der Waals surface area contributed by atoms with E-state index >= 15 is 0 Å². The van der Waals surface area contributed by atoms with Gasteiger partial charge in [-0.2, -0.15) is 0 Å². The minimum atomic E-state index is -0.504. The third-order valence-corrected chi connectivity index (χ3v) is 5.07. The average Bonchev–Trinajstić information content (AvgIpc) is 3.08. The fourth-order valence-corrected chi connectivity index (χ4v) is 3.74. The number of amides is 2. The van der Waals surface area contributed by atoms with E-state index in [1.165, 1.54) is 19.0 Å². The van der Waals surface area contributed by atoms with Gasteiger partial charge in [0.15, 0.2) is 0 Å². The number of hydrogen-bond donors (Lipinski definition) is 1. The highest BCUT2D eigenvalue weighted by atomic mass is 16.2. The first kappa shape index (κ1) is 15.9. The molecule has 2 N–H and O–H groups in total. The SMILES string of the molecule is Cc1nc([C@@H]2CCCN(C(=O)C3CCCC3)C2)ncc1C(N)=O. The number of piperidine rings is 1. The molecule has 1 aromatic rings. The number of hydrogen-bond acceptors (Lipinski definition) is 4. The first-order valence-electron chi connectivity index (χ1n) is 8.48. The number of rotatable bonds is 3. The zero-order valence-electron chi connectivity index (χ0n) is 13.6. The van der Waals surface area contributed by atoms with Crippen molar-refractivity contribution in [1.82, 2.24) is 14.9 Å². The van der Waals surface area contributed by atoms with Crippen molar-refractivity contribution in [2.45, 2.75) is 51.4 Å². The molecule has 1 aliphatic heterocycles. The van der Waals surface area contributed by atoms with E-state index in [0.29, 0.717) is 23.7 Å². The molecular formula is C17H24N4O2. The maximum absolute atomic E-state index is 12.6. The van der Waals surface area contributed by atoms with Crippen molar-refractivity contribution in [1.29, 1.82) is 0 Å². The van der Waals surface area contributed by atoms with Gasteiger partial charge in [0.2, 0.25) is 5.91 Å². The van der Waals surface area contributed by atoms with Gasteiger partial charge >= 0.3 is 0 Å². The summed E-state index contributed by atoms with van der Waals surface area (Å²) in [6.07, 6.45) is 7.87. The Morgan fingerprint density at radius 2 is 1.96 bits per heavy atom. The smallest absolute Gasteiger partial charge is 0.252 e. The van der Waals surface area contributed by atoms with Gasteiger partial charge in [-0.1, -0.05) is 12.8 Å². The maximum Gasteiger partial charge on any atom is 0.252 e. The van der Waals surface area contributed by atoms with E-state index in [9.17, 15) is 9.59 Å². The zero-order chi connectivity index (χ0) is 16.4. The van der Waals surface area contributed by atoms with Crippen LogP contribution in [-0.4, -0.2) is 39.8 Å². The van der Waals surface area contributed by atoms with Crippen LogP contribution in [0.1, 0.15) is 66.3 Å². The van der Waals surface area contributed by atoms with Crippen molar-refractivity contribution in [3.05, 3.63) is 23.3 Å². The molecule has 1 saturated heterocycles. The number of primary amides is 1. The van der Waals surface area contributed by atoms with E-state index in [0.717, 1.165) is 38.1 Å². The Morgan fingerprint density at radius 3 is 2.61 bits per heavy atom. The van der Waals surface area contributed by atoms with Crippen molar-refractivity contribution in [3.8, 4) is 0 Å². The minimum absolute atomic E-state index is 0.148. The fourth-order valence-electron chi connectivity index (χ4n) is 3.74. The van der Waals surface area contributed by atoms with Crippen LogP contribution in [0.4, 0.5) is 0 Å². The van der Waals surface area contributed by atoms with Gasteiger partial charge in [-0.05, 0) is 32.6 Å². The standard InChI is InChI=1S/C17H24N4O2/c1-11-14(15(18)22)9-19-16(20-11)13-7-4-8-21(10-13)17(23)12-5-2-3-6-12/h9,12-13H,2-8,10H2,1H3,(H2,18,22)/t13-/m1/s1. The fraction of sp³-hybridized carbons (Fsp3) is 0.647. The predicted octanol–water partition coefficient (Wildman–Crippen LogP) is 1.78. The summed E-state index contributed by atoms with van der Waals surface area (Å²) >= 11 is 0. The molecule has 6 heteroatoms. The van der Waals surface area contributed by atoms with Crippen LogP contribution in [0.5, 0.6) is 0 Å². The van der Waals surface area contributed by atoms with Gasteiger partial charge < -0.3 is 10.6 Å². The Labute approximate surface area is 136 Å². The molecule has 6 nitrogen and oxygen atoms in total. The quantitative estimate of drug-likeness (QED) is 0.920. The highest BCUT2D eigenvalue weighted by Gasteiger charge is 2.32. The molecule has 23 heavy (non-hydrogen) atoms. The topological polar surface area (TPSA) is 89.2 Å². The van der Waals surface area contributed by atoms with Crippen LogP contribution >= 0.6 is 0 Å². The molecule has 0 aromatic carbocycles. The first-order valence-corrected chi connectivity index (χ1v) is 8.48. The van der Waals surface area contributed by atoms with E-state index < -0.39 is 5.91 Å². The van der Waals surface area contributed by atoms with E-state index in [-0.39, 0.29) is 11.8 Å². The summed E-state index contributed by atoms with van der Waals surface area (Å²) in [5.74, 6) is 0.883. The lowest BCUT2D eigenvalue weighted by atomic mass is 9.95. The van der Waals surface area contributed by atoms with Gasteiger partial charge in [0, 0.05) is 31.1 Å². The number of aromatic nitrogens is 2. The maximum atomic E-state index is 12.6. The lowest BCUT2D eigenvalue weighted by molar-refractivity contribution is -0.136. The molecule has 3 rings (SSSR count). The summed E-state index contributed by atoms with van der Waals surface area (Å²) in [4.78, 5) is 34.7. The Hall–Kier alpha value is -1.98. The van der Waals surface area contributed by atoms with Crippen LogP contribution < -0.4 is 5.73 Å². The molecule has 2 aliphatic rings. The van der Waals surface area contributed by atoms with Gasteiger partial charge in [-0.3, -0.25) is 9.59 Å². The summed E-state index contributed by atoms with van der Waals surface area (Å²) in [5.41, 5.74) is 6.28. The van der Waals surface area contributed by atoms with Gasteiger partial charge in [-0.15, -0.1) is 0 Å². The number of carbonyl (C=O) groups excluding carboxylic acids is 2. The molecule has 0 unspecified atom stereocenters. The molecule has 2 fully saturated rings. The van der Waals surface area contributed by atoms with Crippen molar-refractivity contribution in [3.63, 3.8) is 0 Å². The van der Waals surface area contributed by atoms with Crippen LogP contribution in [0.15, 0.2) is 6.20 Å². The Balaban J connectivity index is 1.72. The van der Waals surface area contributed by atoms with Gasteiger partial charge in [0.25, 0.3) is 5.91 Å². The number of nitrogens with zero attached hydrogens (tertiary/aromatic N) is 3. The lowest BCUT2D eigenvalue weighted by Crippen LogP contribution is -2.42. The van der Waals surface area contributed by atoms with Crippen molar-refractivity contribution in [2.24, 2.45) is 11.7 Å². The Bertz CT molecular complexity index is 611. The molecule has 1 aromatic heterocycles. The summed E-state index contributed by atoms with van der Waals surface area (Å²) in [7, 11) is 0. The molecule has 0 spiro atoms. The Morgan fingerprint density at radius 1 is 1.22 bits per heavy atom. The molecule has 1 aliphatic carbocycles. The second kappa shape index (κ2) is 6.64. The molecule has 0 radical (unpaired) electrons. The molecule has 124 valence electrons. The molecular weight excluding hydrogens is 292 g/mol. The first-order chi connectivity index (χ1) is 11.1. The van der Waals surface area contributed by atoms with Crippen LogP contribution in [0, 0.1) is 12.8 Å². The van der Waals surface area contributed by atoms with Gasteiger partial charge in [0.05, 0.1) is 11.3 Å². The highest BCUT2D eigenvalue weighted by molar-refractivity contribution is 5.93. The van der Waals surface area contributed by atoms with Crippen molar-refractivity contribution >= 4 is 11.8 Å². The third-order valence-electron chi connectivity index (χ3n) is 5.07. The summed E-state index contributed by atoms with van der Waals surface area (Å²) in [6, 6.07) is 0. The van der Waals surface area contributed by atoms with Crippen molar-refractivity contribution in [2.75, 3.05) is 13.1 Å². The molecule has 1 saturated carbocycles. The predicted molar refractivity (Wildman–Crippen MR) is 85.8 cm³/mol. The monoisotopic (exact) mass is 316 g/mol. The third kappa shape index (κ3) is 3.35. The Kier molecular flexibility index (Phi) is 4.59. The summed E-state index contributed by atoms with van der Waals surface area (Å²) in [6.45, 7) is 3.30. The second-order valence-corrected chi connectivity index (χ2v) is 6.70. The van der Waals surface area contributed by atoms with Gasteiger partial charge in [0.1, 0.15) is 5.82 Å². The lowest BCUT2D eigenvalue weighted by Gasteiger charge is -2.33. The minimum Gasteiger partial charge on any atom is -0.365 e. The van der Waals surface area contributed by atoms with Gasteiger partial charge in [-0.25, -0.2) is 9.97 Å². The highest BCUT2D eigenvalue weighted by Crippen LogP contribution is 2.30. The normalized spacial score (nSPS) is 22.3.